The van der Waals surface area contributed by atoms with Crippen LogP contribution in [0.2, 0.25) is 0 Å². The van der Waals surface area contributed by atoms with Gasteiger partial charge in [0.05, 0.1) is 43.6 Å². The highest BCUT2D eigenvalue weighted by atomic mass is 16.1. The van der Waals surface area contributed by atoms with Crippen molar-refractivity contribution in [1.29, 1.82) is 0 Å². The Morgan fingerprint density at radius 1 is 1.18 bits per heavy atom. The van der Waals surface area contributed by atoms with E-state index < -0.39 is 0 Å². The highest BCUT2D eigenvalue weighted by molar-refractivity contribution is 5.73. The molecule has 3 atom stereocenters. The number of amides is 1. The first-order valence-corrected chi connectivity index (χ1v) is 8.63. The first kappa shape index (κ1) is 14.2. The molecule has 1 aromatic carbocycles. The lowest BCUT2D eigenvalue weighted by atomic mass is 9.65. The van der Waals surface area contributed by atoms with E-state index in [2.05, 4.69) is 35.6 Å². The molecule has 1 aromatic rings. The Bertz CT molecular complexity index is 543. The van der Waals surface area contributed by atoms with Crippen LogP contribution in [-0.4, -0.2) is 51.2 Å². The number of carbonyl (C=O) groups is 1. The summed E-state index contributed by atoms with van der Waals surface area (Å²) < 4.78 is 0. The number of quaternary nitrogens is 2. The molecule has 4 nitrogen and oxygen atoms in total. The van der Waals surface area contributed by atoms with Gasteiger partial charge in [-0.05, 0) is 12.0 Å². The summed E-state index contributed by atoms with van der Waals surface area (Å²) in [6.07, 6.45) is 1.10. The zero-order chi connectivity index (χ0) is 15.2. The molecule has 4 aliphatic heterocycles. The van der Waals surface area contributed by atoms with E-state index in [0.29, 0.717) is 12.0 Å². The molecule has 0 radical (unpaired) electrons. The summed E-state index contributed by atoms with van der Waals surface area (Å²) in [4.78, 5) is 15.3. The quantitative estimate of drug-likeness (QED) is 0.602. The van der Waals surface area contributed by atoms with Gasteiger partial charge in [-0.15, -0.1) is 0 Å². The summed E-state index contributed by atoms with van der Waals surface area (Å²) in [7, 11) is 0. The molecule has 4 heteroatoms. The van der Waals surface area contributed by atoms with Crippen molar-refractivity contribution in [2.45, 2.75) is 19.4 Å². The average Bonchev–Trinajstić information content (AvgIpc) is 2.72. The number of benzene rings is 1. The van der Waals surface area contributed by atoms with Crippen LogP contribution in [0.15, 0.2) is 30.3 Å². The van der Waals surface area contributed by atoms with Crippen molar-refractivity contribution < 1.29 is 14.6 Å². The van der Waals surface area contributed by atoms with E-state index in [4.69, 9.17) is 0 Å². The normalized spacial score (nSPS) is 39.5. The number of fused-ring (bicyclic) bond motifs is 1. The number of hydrogen-bond acceptors (Lipinski definition) is 1. The highest BCUT2D eigenvalue weighted by Gasteiger charge is 2.59. The molecule has 4 saturated heterocycles. The van der Waals surface area contributed by atoms with Gasteiger partial charge in [-0.2, -0.15) is 0 Å². The van der Waals surface area contributed by atoms with Crippen molar-refractivity contribution in [3.8, 4) is 0 Å². The first-order valence-electron chi connectivity index (χ1n) is 8.63. The van der Waals surface area contributed by atoms with Crippen LogP contribution in [0.1, 0.15) is 12.5 Å². The molecule has 2 unspecified atom stereocenters. The lowest BCUT2D eigenvalue weighted by molar-refractivity contribution is -0.918. The zero-order valence-corrected chi connectivity index (χ0v) is 13.4. The minimum atomic E-state index is 0.138. The summed E-state index contributed by atoms with van der Waals surface area (Å²) in [6, 6.07) is 11.2. The Hall–Kier alpha value is -1.39. The fourth-order valence-corrected chi connectivity index (χ4v) is 5.43. The van der Waals surface area contributed by atoms with Crippen molar-refractivity contribution in [2.24, 2.45) is 11.3 Å². The van der Waals surface area contributed by atoms with Gasteiger partial charge >= 0.3 is 0 Å². The topological polar surface area (TPSA) is 38.0 Å². The number of carbonyl (C=O) groups excluding carboxylic acids is 1. The van der Waals surface area contributed by atoms with E-state index >= 15 is 0 Å². The van der Waals surface area contributed by atoms with Crippen molar-refractivity contribution in [1.82, 2.24) is 5.32 Å². The van der Waals surface area contributed by atoms with Crippen molar-refractivity contribution >= 4 is 5.91 Å². The molecular weight excluding hydrogens is 274 g/mol. The molecule has 4 heterocycles. The van der Waals surface area contributed by atoms with E-state index in [-0.39, 0.29) is 11.3 Å². The van der Waals surface area contributed by atoms with Gasteiger partial charge in [0.25, 0.3) is 0 Å². The Labute approximate surface area is 132 Å². The fourth-order valence-electron chi connectivity index (χ4n) is 5.43. The van der Waals surface area contributed by atoms with E-state index in [9.17, 15) is 4.79 Å². The molecule has 4 fully saturated rings. The summed E-state index contributed by atoms with van der Waals surface area (Å²) in [5.74, 6) is 0.779. The predicted molar refractivity (Wildman–Crippen MR) is 84.8 cm³/mol. The maximum atomic E-state index is 11.8. The van der Waals surface area contributed by atoms with Crippen LogP contribution in [0.3, 0.4) is 0 Å². The Morgan fingerprint density at radius 2 is 1.82 bits per heavy atom. The number of hydrogen-bond donors (Lipinski definition) is 3. The van der Waals surface area contributed by atoms with E-state index in [0.717, 1.165) is 6.42 Å². The molecule has 4 aliphatic rings. The van der Waals surface area contributed by atoms with E-state index in [1.807, 2.05) is 0 Å². The fraction of sp³-hybridized carbons (Fsp3) is 0.611. The van der Waals surface area contributed by atoms with Crippen molar-refractivity contribution in [2.75, 3.05) is 39.3 Å². The molecule has 0 aliphatic carbocycles. The van der Waals surface area contributed by atoms with Gasteiger partial charge in [0.1, 0.15) is 13.1 Å². The number of rotatable bonds is 3. The third-order valence-corrected chi connectivity index (χ3v) is 6.03. The van der Waals surface area contributed by atoms with Gasteiger partial charge in [0, 0.05) is 6.92 Å². The molecule has 0 saturated carbocycles. The van der Waals surface area contributed by atoms with Gasteiger partial charge < -0.3 is 15.1 Å². The average molecular weight is 301 g/mol. The Kier molecular flexibility index (Phi) is 3.46. The maximum absolute atomic E-state index is 11.8. The number of piperidine rings is 2. The molecule has 5 rings (SSSR count). The Morgan fingerprint density at radius 3 is 2.41 bits per heavy atom. The largest absolute Gasteiger partial charge is 0.352 e. The van der Waals surface area contributed by atoms with Crippen LogP contribution in [0.4, 0.5) is 0 Å². The molecule has 3 N–H and O–H groups in total. The summed E-state index contributed by atoms with van der Waals surface area (Å²) in [5.41, 5.74) is 1.65. The van der Waals surface area contributed by atoms with Crippen LogP contribution in [0.5, 0.6) is 0 Å². The minimum Gasteiger partial charge on any atom is -0.352 e. The van der Waals surface area contributed by atoms with Gasteiger partial charge in [-0.1, -0.05) is 30.3 Å². The van der Waals surface area contributed by atoms with Crippen LogP contribution in [0.25, 0.3) is 0 Å². The predicted octanol–water partition coefficient (Wildman–Crippen LogP) is -1.85. The third-order valence-electron chi connectivity index (χ3n) is 6.03. The van der Waals surface area contributed by atoms with Gasteiger partial charge in [-0.25, -0.2) is 0 Å². The third kappa shape index (κ3) is 2.44. The molecule has 118 valence electrons. The van der Waals surface area contributed by atoms with E-state index in [1.165, 1.54) is 44.8 Å². The van der Waals surface area contributed by atoms with Gasteiger partial charge in [0.15, 0.2) is 0 Å². The molecule has 0 spiro atoms. The monoisotopic (exact) mass is 301 g/mol. The summed E-state index contributed by atoms with van der Waals surface area (Å²) >= 11 is 0. The minimum absolute atomic E-state index is 0.138. The van der Waals surface area contributed by atoms with Crippen LogP contribution < -0.4 is 15.1 Å². The summed E-state index contributed by atoms with van der Waals surface area (Å²) in [5, 5.41) is 3.35. The van der Waals surface area contributed by atoms with Gasteiger partial charge in [-0.3, -0.25) is 4.79 Å². The maximum Gasteiger partial charge on any atom is 0.217 e. The highest BCUT2D eigenvalue weighted by Crippen LogP contribution is 2.33. The van der Waals surface area contributed by atoms with E-state index in [1.54, 1.807) is 16.7 Å². The zero-order valence-electron chi connectivity index (χ0n) is 13.4. The van der Waals surface area contributed by atoms with Crippen LogP contribution in [-0.2, 0) is 11.2 Å². The molecular formula is C18H27N3O+2. The van der Waals surface area contributed by atoms with Crippen molar-refractivity contribution in [3.63, 3.8) is 0 Å². The van der Waals surface area contributed by atoms with Gasteiger partial charge in [0.2, 0.25) is 5.91 Å². The summed E-state index contributed by atoms with van der Waals surface area (Å²) in [6.45, 7) is 9.19. The first-order chi connectivity index (χ1) is 10.6. The number of nitrogens with one attached hydrogen (secondary N) is 3. The van der Waals surface area contributed by atoms with Crippen LogP contribution >= 0.6 is 0 Å². The SMILES string of the molecule is CC(=O)N[C@@H]1C2C[NH+]3CC[NH+](C2)CC1(Cc1ccccc1)C3. The standard InChI is InChI=1S/C18H25N3O/c1-14(22)19-17-16-10-20-7-8-21(11-16)13-18(17,12-20)9-15-5-3-2-4-6-15/h2-6,16-17H,7-13H2,1H3,(H,19,22)/p+2/t16?,17-,18?/m1/s1. The second-order valence-electron chi connectivity index (χ2n) is 7.72. The molecule has 0 aromatic heterocycles. The van der Waals surface area contributed by atoms with Crippen molar-refractivity contribution in [3.05, 3.63) is 35.9 Å². The second kappa shape index (κ2) is 5.36. The Balaban J connectivity index is 1.69. The molecule has 22 heavy (non-hydrogen) atoms. The smallest absolute Gasteiger partial charge is 0.217 e. The lowest BCUT2D eigenvalue weighted by Crippen LogP contribution is -3.17. The molecule has 1 amide bonds. The lowest BCUT2D eigenvalue weighted by Gasteiger charge is -2.51. The van der Waals surface area contributed by atoms with Crippen LogP contribution in [0, 0.1) is 11.3 Å². The second-order valence-corrected chi connectivity index (χ2v) is 7.72. The molecule has 4 bridgehead atoms.